The predicted octanol–water partition coefficient (Wildman–Crippen LogP) is 4.44. The summed E-state index contributed by atoms with van der Waals surface area (Å²) >= 11 is 0. The van der Waals surface area contributed by atoms with Gasteiger partial charge in [-0.05, 0) is 63.1 Å². The smallest absolute Gasteiger partial charge is 0.0692 e. The lowest BCUT2D eigenvalue weighted by atomic mass is 9.85. The minimum atomic E-state index is 0.104. The van der Waals surface area contributed by atoms with Crippen LogP contribution in [0.2, 0.25) is 0 Å². The molecule has 2 heteroatoms. The molecule has 0 bridgehead atoms. The van der Waals surface area contributed by atoms with E-state index in [2.05, 4.69) is 52.1 Å². The van der Waals surface area contributed by atoms with Gasteiger partial charge in [0.25, 0.3) is 0 Å². The van der Waals surface area contributed by atoms with Gasteiger partial charge in [-0.15, -0.1) is 0 Å². The Bertz CT molecular complexity index is 453. The fourth-order valence-electron chi connectivity index (χ4n) is 3.68. The van der Waals surface area contributed by atoms with E-state index in [1.165, 1.54) is 22.3 Å². The number of aryl methyl sites for hydroxylation is 3. The molecule has 21 heavy (non-hydrogen) atoms. The first-order valence-electron chi connectivity index (χ1n) is 8.43. The van der Waals surface area contributed by atoms with Crippen molar-refractivity contribution in [3.05, 3.63) is 34.4 Å². The van der Waals surface area contributed by atoms with E-state index in [1.54, 1.807) is 0 Å². The normalized spacial score (nSPS) is 21.5. The van der Waals surface area contributed by atoms with Crippen molar-refractivity contribution < 1.29 is 4.74 Å². The molecule has 1 aliphatic heterocycles. The summed E-state index contributed by atoms with van der Waals surface area (Å²) in [5.74, 6) is 0. The monoisotopic (exact) mass is 289 g/mol. The molecule has 1 heterocycles. The summed E-state index contributed by atoms with van der Waals surface area (Å²) in [6.07, 6.45) is 4.50. The zero-order valence-electron chi connectivity index (χ0n) is 14.4. The average Bonchev–Trinajstić information content (AvgIpc) is 2.46. The Morgan fingerprint density at radius 3 is 2.33 bits per heavy atom. The lowest BCUT2D eigenvalue weighted by Crippen LogP contribution is -2.46. The molecular weight excluding hydrogens is 258 g/mol. The Kier molecular flexibility index (Phi) is 5.45. The molecule has 0 aliphatic carbocycles. The molecule has 0 radical (unpaired) electrons. The molecule has 0 amide bonds. The largest absolute Gasteiger partial charge is 0.375 e. The minimum Gasteiger partial charge on any atom is -0.375 e. The number of ether oxygens (including phenoxy) is 1. The van der Waals surface area contributed by atoms with Gasteiger partial charge in [0.05, 0.1) is 5.60 Å². The Balaban J connectivity index is 2.00. The maximum Gasteiger partial charge on any atom is 0.0692 e. The van der Waals surface area contributed by atoms with E-state index in [4.69, 9.17) is 4.74 Å². The fraction of sp³-hybridized carbons (Fsp3) is 0.684. The van der Waals surface area contributed by atoms with Gasteiger partial charge in [0.1, 0.15) is 0 Å². The molecule has 1 N–H and O–H groups in total. The molecule has 118 valence electrons. The molecule has 1 atom stereocenters. The van der Waals surface area contributed by atoms with E-state index < -0.39 is 0 Å². The fourth-order valence-corrected chi connectivity index (χ4v) is 3.68. The lowest BCUT2D eigenvalue weighted by molar-refractivity contribution is -0.0932. The van der Waals surface area contributed by atoms with Crippen LogP contribution < -0.4 is 5.32 Å². The van der Waals surface area contributed by atoms with Crippen molar-refractivity contribution in [1.29, 1.82) is 0 Å². The summed E-state index contributed by atoms with van der Waals surface area (Å²) in [5, 5.41) is 3.78. The van der Waals surface area contributed by atoms with Crippen LogP contribution in [-0.4, -0.2) is 18.2 Å². The molecule has 1 aliphatic rings. The van der Waals surface area contributed by atoms with Crippen molar-refractivity contribution in [2.45, 2.75) is 78.5 Å². The minimum absolute atomic E-state index is 0.104. The molecule has 1 aromatic carbocycles. The molecule has 2 rings (SSSR count). The van der Waals surface area contributed by atoms with Gasteiger partial charge in [-0.3, -0.25) is 0 Å². The lowest BCUT2D eigenvalue weighted by Gasteiger charge is -2.40. The highest BCUT2D eigenvalue weighted by Crippen LogP contribution is 2.31. The predicted molar refractivity (Wildman–Crippen MR) is 89.8 cm³/mol. The quantitative estimate of drug-likeness (QED) is 0.865. The van der Waals surface area contributed by atoms with Crippen molar-refractivity contribution in [3.8, 4) is 0 Å². The Morgan fingerprint density at radius 1 is 1.14 bits per heavy atom. The summed E-state index contributed by atoms with van der Waals surface area (Å²) in [6.45, 7) is 13.0. The van der Waals surface area contributed by atoms with Gasteiger partial charge in [0, 0.05) is 19.2 Å². The van der Waals surface area contributed by atoms with Crippen LogP contribution in [0, 0.1) is 20.8 Å². The van der Waals surface area contributed by atoms with Crippen molar-refractivity contribution in [2.75, 3.05) is 6.61 Å². The van der Waals surface area contributed by atoms with Crippen LogP contribution in [0.5, 0.6) is 0 Å². The maximum absolute atomic E-state index is 6.07. The highest BCUT2D eigenvalue weighted by atomic mass is 16.5. The number of benzene rings is 1. The summed E-state index contributed by atoms with van der Waals surface area (Å²) in [5.41, 5.74) is 5.74. The third-order valence-corrected chi connectivity index (χ3v) is 5.19. The zero-order valence-corrected chi connectivity index (χ0v) is 14.4. The van der Waals surface area contributed by atoms with Crippen molar-refractivity contribution >= 4 is 0 Å². The van der Waals surface area contributed by atoms with Crippen molar-refractivity contribution in [1.82, 2.24) is 5.32 Å². The number of nitrogens with one attached hydrogen (secondary N) is 1. The molecule has 0 spiro atoms. The molecule has 1 aromatic rings. The van der Waals surface area contributed by atoms with E-state index in [-0.39, 0.29) is 5.60 Å². The molecular formula is C19H31NO. The maximum atomic E-state index is 6.07. The van der Waals surface area contributed by atoms with Gasteiger partial charge in [0.2, 0.25) is 0 Å². The molecule has 0 saturated carbocycles. The van der Waals surface area contributed by atoms with Crippen LogP contribution in [0.15, 0.2) is 12.1 Å². The second kappa shape index (κ2) is 6.93. The van der Waals surface area contributed by atoms with E-state index in [9.17, 15) is 0 Å². The number of hydrogen-bond donors (Lipinski definition) is 1. The average molecular weight is 289 g/mol. The van der Waals surface area contributed by atoms with E-state index >= 15 is 0 Å². The topological polar surface area (TPSA) is 21.3 Å². The summed E-state index contributed by atoms with van der Waals surface area (Å²) in [7, 11) is 0. The molecule has 1 saturated heterocycles. The summed E-state index contributed by atoms with van der Waals surface area (Å²) in [4.78, 5) is 0. The molecule has 1 unspecified atom stereocenters. The SMILES string of the molecule is CCC1(CC)CC(NCc2c(C)cc(C)cc2C)CCO1. The van der Waals surface area contributed by atoms with Crippen LogP contribution in [-0.2, 0) is 11.3 Å². The Hall–Kier alpha value is -0.860. The first-order valence-corrected chi connectivity index (χ1v) is 8.43. The van der Waals surface area contributed by atoms with Crippen LogP contribution in [0.1, 0.15) is 61.8 Å². The second-order valence-corrected chi connectivity index (χ2v) is 6.69. The first kappa shape index (κ1) is 16.5. The van der Waals surface area contributed by atoms with E-state index in [1.807, 2.05) is 0 Å². The van der Waals surface area contributed by atoms with Gasteiger partial charge >= 0.3 is 0 Å². The van der Waals surface area contributed by atoms with Crippen molar-refractivity contribution in [3.63, 3.8) is 0 Å². The van der Waals surface area contributed by atoms with E-state index in [0.29, 0.717) is 6.04 Å². The number of rotatable bonds is 5. The van der Waals surface area contributed by atoms with Crippen LogP contribution in [0.25, 0.3) is 0 Å². The third-order valence-electron chi connectivity index (χ3n) is 5.19. The molecule has 0 aromatic heterocycles. The highest BCUT2D eigenvalue weighted by molar-refractivity contribution is 5.37. The Labute approximate surface area is 130 Å². The first-order chi connectivity index (χ1) is 9.99. The van der Waals surface area contributed by atoms with Gasteiger partial charge < -0.3 is 10.1 Å². The standard InChI is InChI=1S/C19H31NO/c1-6-19(7-2)12-17(8-9-21-19)20-13-18-15(4)10-14(3)11-16(18)5/h10-11,17,20H,6-9,12-13H2,1-5H3. The summed E-state index contributed by atoms with van der Waals surface area (Å²) in [6, 6.07) is 5.16. The van der Waals surface area contributed by atoms with Gasteiger partial charge in [-0.2, -0.15) is 0 Å². The van der Waals surface area contributed by atoms with Crippen LogP contribution in [0.3, 0.4) is 0 Å². The van der Waals surface area contributed by atoms with Gasteiger partial charge in [-0.25, -0.2) is 0 Å². The third kappa shape index (κ3) is 3.87. The van der Waals surface area contributed by atoms with Gasteiger partial charge in [-0.1, -0.05) is 31.5 Å². The van der Waals surface area contributed by atoms with Crippen molar-refractivity contribution in [2.24, 2.45) is 0 Å². The van der Waals surface area contributed by atoms with E-state index in [0.717, 1.165) is 38.8 Å². The zero-order chi connectivity index (χ0) is 15.5. The molecule has 1 fully saturated rings. The highest BCUT2D eigenvalue weighted by Gasteiger charge is 2.34. The Morgan fingerprint density at radius 2 is 1.76 bits per heavy atom. The van der Waals surface area contributed by atoms with Crippen LogP contribution >= 0.6 is 0 Å². The van der Waals surface area contributed by atoms with Crippen LogP contribution in [0.4, 0.5) is 0 Å². The molecule has 2 nitrogen and oxygen atoms in total. The summed E-state index contributed by atoms with van der Waals surface area (Å²) < 4.78 is 6.07. The second-order valence-electron chi connectivity index (χ2n) is 6.69. The number of hydrogen-bond acceptors (Lipinski definition) is 2. The van der Waals surface area contributed by atoms with Gasteiger partial charge in [0.15, 0.2) is 0 Å².